The van der Waals surface area contributed by atoms with E-state index in [1.165, 1.54) is 6.42 Å². The van der Waals surface area contributed by atoms with Crippen molar-refractivity contribution in [2.75, 3.05) is 6.54 Å². The first-order valence-electron chi connectivity index (χ1n) is 7.94. The molecule has 1 N–H and O–H groups in total. The molecule has 1 aromatic heterocycles. The van der Waals surface area contributed by atoms with E-state index in [0.29, 0.717) is 6.04 Å². The Morgan fingerprint density at radius 2 is 2.09 bits per heavy atom. The number of likely N-dealkylation sites (tertiary alicyclic amines) is 1. The van der Waals surface area contributed by atoms with Gasteiger partial charge in [-0.2, -0.15) is 0 Å². The van der Waals surface area contributed by atoms with E-state index in [1.807, 2.05) is 37.3 Å². The molecule has 0 radical (unpaired) electrons. The summed E-state index contributed by atoms with van der Waals surface area (Å²) >= 11 is 1.67. The molecule has 2 heterocycles. The summed E-state index contributed by atoms with van der Waals surface area (Å²) in [6.07, 6.45) is 2.72. The van der Waals surface area contributed by atoms with Crippen LogP contribution in [0.25, 0.3) is 0 Å². The van der Waals surface area contributed by atoms with Gasteiger partial charge in [-0.3, -0.25) is 4.90 Å². The van der Waals surface area contributed by atoms with Gasteiger partial charge >= 0.3 is 0 Å². The van der Waals surface area contributed by atoms with Crippen molar-refractivity contribution in [3.05, 3.63) is 45.9 Å². The third kappa shape index (κ3) is 3.37. The van der Waals surface area contributed by atoms with E-state index in [1.54, 1.807) is 11.3 Å². The first-order valence-corrected chi connectivity index (χ1v) is 8.75. The fourth-order valence-corrected chi connectivity index (χ4v) is 4.08. The molecule has 0 saturated carbocycles. The van der Waals surface area contributed by atoms with Gasteiger partial charge in [0.2, 0.25) is 0 Å². The van der Waals surface area contributed by atoms with Crippen molar-refractivity contribution >= 4 is 11.3 Å². The molecule has 0 unspecified atom stereocenters. The van der Waals surface area contributed by atoms with E-state index in [0.717, 1.165) is 35.0 Å². The number of nitrogens with zero attached hydrogens (tertiary/aromatic N) is 3. The van der Waals surface area contributed by atoms with Crippen LogP contribution in [0.1, 0.15) is 53.9 Å². The van der Waals surface area contributed by atoms with Crippen LogP contribution < -0.4 is 0 Å². The topological polar surface area (TPSA) is 49.2 Å². The van der Waals surface area contributed by atoms with Crippen molar-refractivity contribution < 1.29 is 5.11 Å². The number of benzene rings is 1. The molecule has 3 rings (SSSR count). The summed E-state index contributed by atoms with van der Waals surface area (Å²) in [5.74, 6) is 0. The largest absolute Gasteiger partial charge is 0.388 e. The molecule has 3 atom stereocenters. The van der Waals surface area contributed by atoms with Crippen molar-refractivity contribution in [3.63, 3.8) is 0 Å². The molecule has 5 heteroatoms. The lowest BCUT2D eigenvalue weighted by atomic mass is 10.00. The summed E-state index contributed by atoms with van der Waals surface area (Å²) in [6.45, 7) is 5.27. The third-order valence-corrected chi connectivity index (χ3v) is 5.51. The van der Waals surface area contributed by atoms with Crippen LogP contribution in [0.2, 0.25) is 0 Å². The zero-order valence-corrected chi connectivity index (χ0v) is 14.0. The molecule has 0 amide bonds. The molecular weight excluding hydrogens is 294 g/mol. The first kappa shape index (κ1) is 15.6. The molecular formula is C17H23N3OS. The predicted molar refractivity (Wildman–Crippen MR) is 88.8 cm³/mol. The van der Waals surface area contributed by atoms with Gasteiger partial charge in [-0.05, 0) is 45.2 Å². The molecule has 0 aliphatic carbocycles. The van der Waals surface area contributed by atoms with Gasteiger partial charge in [0.05, 0.1) is 12.1 Å². The zero-order valence-electron chi connectivity index (χ0n) is 13.1. The quantitative estimate of drug-likeness (QED) is 0.917. The molecule has 118 valence electrons. The van der Waals surface area contributed by atoms with Crippen molar-refractivity contribution in [1.29, 1.82) is 0 Å². The normalized spacial score (nSPS) is 21.9. The molecule has 2 aromatic rings. The Labute approximate surface area is 135 Å². The van der Waals surface area contributed by atoms with E-state index in [-0.39, 0.29) is 6.04 Å². The Morgan fingerprint density at radius 1 is 1.32 bits per heavy atom. The average molecular weight is 317 g/mol. The van der Waals surface area contributed by atoms with Crippen molar-refractivity contribution in [3.8, 4) is 0 Å². The predicted octanol–water partition coefficient (Wildman–Crippen LogP) is 3.50. The van der Waals surface area contributed by atoms with Crippen LogP contribution in [0.15, 0.2) is 30.3 Å². The van der Waals surface area contributed by atoms with E-state index in [2.05, 4.69) is 22.0 Å². The van der Waals surface area contributed by atoms with Crippen molar-refractivity contribution in [1.82, 2.24) is 15.1 Å². The minimum Gasteiger partial charge on any atom is -0.388 e. The maximum absolute atomic E-state index is 10.5. The molecule has 0 bridgehead atoms. The van der Waals surface area contributed by atoms with Crippen LogP contribution in [0.3, 0.4) is 0 Å². The average Bonchev–Trinajstić information content (AvgIpc) is 3.16. The highest BCUT2D eigenvalue weighted by Gasteiger charge is 2.32. The Morgan fingerprint density at radius 3 is 2.77 bits per heavy atom. The first-order chi connectivity index (χ1) is 10.6. The molecule has 1 saturated heterocycles. The lowest BCUT2D eigenvalue weighted by Crippen LogP contribution is -2.33. The molecule has 1 aliphatic rings. The number of aliphatic hydroxyl groups excluding tert-OH is 1. The summed E-state index contributed by atoms with van der Waals surface area (Å²) in [5.41, 5.74) is 1.01. The summed E-state index contributed by atoms with van der Waals surface area (Å²) < 4.78 is 0. The van der Waals surface area contributed by atoms with E-state index in [9.17, 15) is 5.11 Å². The fourth-order valence-electron chi connectivity index (χ4n) is 3.31. The number of aryl methyl sites for hydroxylation is 1. The zero-order chi connectivity index (χ0) is 15.5. The third-order valence-electron chi connectivity index (χ3n) is 4.50. The van der Waals surface area contributed by atoms with Gasteiger partial charge in [-0.1, -0.05) is 30.3 Å². The molecule has 1 aliphatic heterocycles. The molecule has 1 aromatic carbocycles. The van der Waals surface area contributed by atoms with Gasteiger partial charge in [0.1, 0.15) is 10.0 Å². The van der Waals surface area contributed by atoms with Gasteiger partial charge < -0.3 is 5.11 Å². The standard InChI is InChI=1S/C17H23N3OS/c1-12(17-19-18-13(2)22-17)20-10-6-9-15(20)11-16(21)14-7-4-3-5-8-14/h3-5,7-8,12,15-16,21H,6,9-11H2,1-2H3/t12-,15+,16-/m0/s1. The van der Waals surface area contributed by atoms with Crippen LogP contribution in [0.4, 0.5) is 0 Å². The summed E-state index contributed by atoms with van der Waals surface area (Å²) in [5, 5.41) is 21.0. The van der Waals surface area contributed by atoms with Crippen LogP contribution in [0.5, 0.6) is 0 Å². The Bertz CT molecular complexity index is 601. The summed E-state index contributed by atoms with van der Waals surface area (Å²) in [6, 6.07) is 10.6. The highest BCUT2D eigenvalue weighted by molar-refractivity contribution is 7.11. The minimum absolute atomic E-state index is 0.279. The smallest absolute Gasteiger partial charge is 0.134 e. The van der Waals surface area contributed by atoms with E-state index in [4.69, 9.17) is 0 Å². The van der Waals surface area contributed by atoms with Crippen LogP contribution >= 0.6 is 11.3 Å². The summed E-state index contributed by atoms with van der Waals surface area (Å²) in [4.78, 5) is 2.48. The Balaban J connectivity index is 1.68. The second-order valence-electron chi connectivity index (χ2n) is 6.03. The second-order valence-corrected chi connectivity index (χ2v) is 7.24. The lowest BCUT2D eigenvalue weighted by Gasteiger charge is -2.30. The van der Waals surface area contributed by atoms with Crippen LogP contribution in [-0.4, -0.2) is 32.8 Å². The number of aliphatic hydroxyl groups is 1. The Kier molecular flexibility index (Phi) is 4.86. The highest BCUT2D eigenvalue weighted by Crippen LogP contribution is 2.34. The van der Waals surface area contributed by atoms with Gasteiger partial charge in [-0.25, -0.2) is 0 Å². The number of hydrogen-bond acceptors (Lipinski definition) is 5. The van der Waals surface area contributed by atoms with E-state index < -0.39 is 6.10 Å². The number of rotatable bonds is 5. The second kappa shape index (κ2) is 6.86. The molecule has 1 fully saturated rings. The molecule has 4 nitrogen and oxygen atoms in total. The molecule has 22 heavy (non-hydrogen) atoms. The van der Waals surface area contributed by atoms with E-state index >= 15 is 0 Å². The highest BCUT2D eigenvalue weighted by atomic mass is 32.1. The van der Waals surface area contributed by atoms with Gasteiger partial charge in [0.25, 0.3) is 0 Å². The minimum atomic E-state index is -0.393. The summed E-state index contributed by atoms with van der Waals surface area (Å²) in [7, 11) is 0. The number of aromatic nitrogens is 2. The molecule has 0 spiro atoms. The number of hydrogen-bond donors (Lipinski definition) is 1. The van der Waals surface area contributed by atoms with Gasteiger partial charge in [0.15, 0.2) is 0 Å². The maximum atomic E-state index is 10.5. The maximum Gasteiger partial charge on any atom is 0.134 e. The van der Waals surface area contributed by atoms with Crippen LogP contribution in [0, 0.1) is 6.92 Å². The van der Waals surface area contributed by atoms with Crippen LogP contribution in [-0.2, 0) is 0 Å². The van der Waals surface area contributed by atoms with Gasteiger partial charge in [-0.15, -0.1) is 21.5 Å². The SMILES string of the molecule is Cc1nnc([C@H](C)N2CCC[C@@H]2C[C@H](O)c2ccccc2)s1. The lowest BCUT2D eigenvalue weighted by molar-refractivity contribution is 0.103. The fraction of sp³-hybridized carbons (Fsp3) is 0.529. The Hall–Kier alpha value is -1.30. The van der Waals surface area contributed by atoms with Crippen molar-refractivity contribution in [2.45, 2.75) is 51.3 Å². The van der Waals surface area contributed by atoms with Crippen molar-refractivity contribution in [2.24, 2.45) is 0 Å². The van der Waals surface area contributed by atoms with Gasteiger partial charge in [0, 0.05) is 6.04 Å². The monoisotopic (exact) mass is 317 g/mol.